The largest absolute Gasteiger partial charge is 0.383 e. The molecule has 2 aromatic carbocycles. The number of aromatic nitrogens is 2. The zero-order chi connectivity index (χ0) is 20.2. The minimum absolute atomic E-state index is 0.209. The third-order valence-corrected chi connectivity index (χ3v) is 5.37. The van der Waals surface area contributed by atoms with Crippen molar-refractivity contribution in [2.24, 2.45) is 0 Å². The summed E-state index contributed by atoms with van der Waals surface area (Å²) < 4.78 is 0. The first-order valence-corrected chi connectivity index (χ1v) is 10.1. The van der Waals surface area contributed by atoms with Crippen molar-refractivity contribution in [1.29, 1.82) is 0 Å². The fourth-order valence-corrected chi connectivity index (χ4v) is 3.63. The molecule has 0 unspecified atom stereocenters. The van der Waals surface area contributed by atoms with Gasteiger partial charge in [-0.1, -0.05) is 23.2 Å². The Morgan fingerprint density at radius 2 is 1.24 bits per heavy atom. The van der Waals surface area contributed by atoms with Gasteiger partial charge < -0.3 is 16.0 Å². The Kier molecular flexibility index (Phi) is 6.00. The summed E-state index contributed by atoms with van der Waals surface area (Å²) in [5.74, 6) is 0. The molecule has 0 amide bonds. The van der Waals surface area contributed by atoms with Crippen LogP contribution in [0.25, 0.3) is 21.8 Å². The molecule has 5 nitrogen and oxygen atoms in total. The topological polar surface area (TPSA) is 61.9 Å². The van der Waals surface area contributed by atoms with E-state index < -0.39 is 0 Å². The van der Waals surface area contributed by atoms with E-state index in [1.54, 1.807) is 12.4 Å². The number of nitrogens with zero attached hydrogens (tertiary/aromatic N) is 2. The lowest BCUT2D eigenvalue weighted by Crippen LogP contribution is -2.38. The third-order valence-electron chi connectivity index (χ3n) is 4.90. The molecule has 2 heterocycles. The highest BCUT2D eigenvalue weighted by Crippen LogP contribution is 2.25. The Balaban J connectivity index is 1.45. The van der Waals surface area contributed by atoms with Crippen LogP contribution in [0.5, 0.6) is 0 Å². The molecule has 29 heavy (non-hydrogen) atoms. The standard InChI is InChI=1S/C22H21Cl2N5/c1-25-16(12-28-19-6-8-26-21-10-14(23)2-4-17(19)21)13-29-20-7-9-27-22-11-15(24)3-5-18(20)22/h2-11,16,25H,12-13H2,1H3,(H,26,28)(H,27,29). The Bertz CT molecular complexity index is 1060. The summed E-state index contributed by atoms with van der Waals surface area (Å²) in [4.78, 5) is 8.79. The van der Waals surface area contributed by atoms with Crippen LogP contribution in [-0.2, 0) is 0 Å². The van der Waals surface area contributed by atoms with Gasteiger partial charge in [0.25, 0.3) is 0 Å². The molecule has 4 rings (SSSR count). The van der Waals surface area contributed by atoms with Gasteiger partial charge in [-0.05, 0) is 55.6 Å². The molecule has 2 aromatic heterocycles. The van der Waals surface area contributed by atoms with Crippen molar-refractivity contribution in [2.75, 3.05) is 30.8 Å². The average Bonchev–Trinajstić information content (AvgIpc) is 2.73. The van der Waals surface area contributed by atoms with Crippen molar-refractivity contribution in [3.05, 3.63) is 71.0 Å². The van der Waals surface area contributed by atoms with Crippen molar-refractivity contribution in [3.8, 4) is 0 Å². The van der Waals surface area contributed by atoms with E-state index in [0.717, 1.165) is 46.3 Å². The number of anilines is 2. The number of fused-ring (bicyclic) bond motifs is 2. The second-order valence-electron chi connectivity index (χ2n) is 6.79. The van der Waals surface area contributed by atoms with Gasteiger partial charge in [-0.25, -0.2) is 0 Å². The van der Waals surface area contributed by atoms with E-state index in [4.69, 9.17) is 23.2 Å². The molecule has 0 aliphatic rings. The molecule has 148 valence electrons. The van der Waals surface area contributed by atoms with Crippen molar-refractivity contribution in [1.82, 2.24) is 15.3 Å². The molecular weight excluding hydrogens is 405 g/mol. The van der Waals surface area contributed by atoms with Crippen LogP contribution >= 0.6 is 23.2 Å². The quantitative estimate of drug-likeness (QED) is 0.379. The Morgan fingerprint density at radius 3 is 1.69 bits per heavy atom. The summed E-state index contributed by atoms with van der Waals surface area (Å²) in [5, 5.41) is 13.9. The Hall–Kier alpha value is -2.60. The lowest BCUT2D eigenvalue weighted by atomic mass is 10.1. The lowest BCUT2D eigenvalue weighted by molar-refractivity contribution is 0.611. The molecule has 0 bridgehead atoms. The third kappa shape index (κ3) is 4.53. The van der Waals surface area contributed by atoms with Crippen LogP contribution in [0.15, 0.2) is 60.9 Å². The van der Waals surface area contributed by atoms with Gasteiger partial charge in [-0.2, -0.15) is 0 Å². The van der Waals surface area contributed by atoms with E-state index in [1.165, 1.54) is 0 Å². The fourth-order valence-electron chi connectivity index (χ4n) is 3.29. The summed E-state index contributed by atoms with van der Waals surface area (Å²) >= 11 is 12.2. The van der Waals surface area contributed by atoms with E-state index >= 15 is 0 Å². The van der Waals surface area contributed by atoms with Crippen LogP contribution < -0.4 is 16.0 Å². The zero-order valence-electron chi connectivity index (χ0n) is 15.9. The molecule has 0 radical (unpaired) electrons. The summed E-state index contributed by atoms with van der Waals surface area (Å²) in [7, 11) is 1.96. The molecule has 0 aliphatic carbocycles. The number of halogens is 2. The van der Waals surface area contributed by atoms with Crippen molar-refractivity contribution >= 4 is 56.4 Å². The molecule has 0 spiro atoms. The average molecular weight is 426 g/mol. The highest BCUT2D eigenvalue weighted by molar-refractivity contribution is 6.31. The molecule has 7 heteroatoms. The number of hydrogen-bond acceptors (Lipinski definition) is 5. The predicted octanol–water partition coefficient (Wildman–Crippen LogP) is 5.20. The highest BCUT2D eigenvalue weighted by Gasteiger charge is 2.09. The monoisotopic (exact) mass is 425 g/mol. The summed E-state index contributed by atoms with van der Waals surface area (Å²) in [6.07, 6.45) is 3.59. The van der Waals surface area contributed by atoms with Gasteiger partial charge in [-0.3, -0.25) is 9.97 Å². The Morgan fingerprint density at radius 1 is 0.759 bits per heavy atom. The van der Waals surface area contributed by atoms with Crippen LogP contribution in [-0.4, -0.2) is 36.1 Å². The molecule has 0 atom stereocenters. The Labute approximate surface area is 179 Å². The number of pyridine rings is 2. The van der Waals surface area contributed by atoms with E-state index in [2.05, 4.69) is 25.9 Å². The predicted molar refractivity (Wildman–Crippen MR) is 123 cm³/mol. The molecule has 4 aromatic rings. The first-order chi connectivity index (χ1) is 14.1. The van der Waals surface area contributed by atoms with Gasteiger partial charge >= 0.3 is 0 Å². The minimum Gasteiger partial charge on any atom is -0.383 e. The van der Waals surface area contributed by atoms with E-state index in [-0.39, 0.29) is 6.04 Å². The van der Waals surface area contributed by atoms with Crippen LogP contribution in [0.1, 0.15) is 0 Å². The van der Waals surface area contributed by atoms with Gasteiger partial charge in [0.2, 0.25) is 0 Å². The summed E-state index contributed by atoms with van der Waals surface area (Å²) in [6.45, 7) is 1.50. The normalized spacial score (nSPS) is 11.3. The maximum Gasteiger partial charge on any atom is 0.0737 e. The fraction of sp³-hybridized carbons (Fsp3) is 0.182. The smallest absolute Gasteiger partial charge is 0.0737 e. The van der Waals surface area contributed by atoms with Crippen molar-refractivity contribution < 1.29 is 0 Å². The minimum atomic E-state index is 0.209. The van der Waals surface area contributed by atoms with Crippen molar-refractivity contribution in [3.63, 3.8) is 0 Å². The van der Waals surface area contributed by atoms with E-state index in [0.29, 0.717) is 10.0 Å². The summed E-state index contributed by atoms with van der Waals surface area (Å²) in [6, 6.07) is 15.7. The van der Waals surface area contributed by atoms with E-state index in [1.807, 2.05) is 55.6 Å². The second kappa shape index (κ2) is 8.82. The maximum absolute atomic E-state index is 6.08. The number of hydrogen-bond donors (Lipinski definition) is 3. The van der Waals surface area contributed by atoms with Crippen molar-refractivity contribution in [2.45, 2.75) is 6.04 Å². The van der Waals surface area contributed by atoms with E-state index in [9.17, 15) is 0 Å². The second-order valence-corrected chi connectivity index (χ2v) is 7.66. The molecule has 0 saturated heterocycles. The lowest BCUT2D eigenvalue weighted by Gasteiger charge is -2.20. The van der Waals surface area contributed by atoms with Crippen LogP contribution in [0.4, 0.5) is 11.4 Å². The van der Waals surface area contributed by atoms with Gasteiger partial charge in [0.05, 0.1) is 11.0 Å². The van der Waals surface area contributed by atoms with Crippen LogP contribution in [0, 0.1) is 0 Å². The summed E-state index contributed by atoms with van der Waals surface area (Å²) in [5.41, 5.74) is 3.83. The highest BCUT2D eigenvalue weighted by atomic mass is 35.5. The number of rotatable bonds is 7. The van der Waals surface area contributed by atoms with Gasteiger partial charge in [0.1, 0.15) is 0 Å². The molecule has 3 N–H and O–H groups in total. The van der Waals surface area contributed by atoms with Crippen LogP contribution in [0.3, 0.4) is 0 Å². The zero-order valence-corrected chi connectivity index (χ0v) is 17.4. The van der Waals surface area contributed by atoms with Gasteiger partial charge in [-0.15, -0.1) is 0 Å². The first-order valence-electron chi connectivity index (χ1n) is 9.37. The number of nitrogens with one attached hydrogen (secondary N) is 3. The first kappa shape index (κ1) is 19.7. The van der Waals surface area contributed by atoms with Gasteiger partial charge in [0, 0.05) is 63.7 Å². The van der Waals surface area contributed by atoms with Crippen LogP contribution in [0.2, 0.25) is 10.0 Å². The number of benzene rings is 2. The van der Waals surface area contributed by atoms with Gasteiger partial charge in [0.15, 0.2) is 0 Å². The maximum atomic E-state index is 6.08. The molecular formula is C22H21Cl2N5. The molecule has 0 fully saturated rings. The molecule has 0 saturated carbocycles. The SMILES string of the molecule is CNC(CNc1ccnc2cc(Cl)ccc12)CNc1ccnc2cc(Cl)ccc12. The number of likely N-dealkylation sites (N-methyl/N-ethyl adjacent to an activating group) is 1. The molecule has 0 aliphatic heterocycles.